The Morgan fingerprint density at radius 2 is 2.04 bits per heavy atom. The molecule has 1 heterocycles. The minimum absolute atomic E-state index is 0.123. The number of hydrogen-bond donors (Lipinski definition) is 2. The Morgan fingerprint density at radius 1 is 1.38 bits per heavy atom. The molecule has 0 radical (unpaired) electrons. The lowest BCUT2D eigenvalue weighted by molar-refractivity contribution is -0.384. The molecule has 0 aliphatic rings. The van der Waals surface area contributed by atoms with Gasteiger partial charge in [-0.25, -0.2) is 9.78 Å². The zero-order valence-electron chi connectivity index (χ0n) is 13.2. The summed E-state index contributed by atoms with van der Waals surface area (Å²) in [6.45, 7) is 4.94. The van der Waals surface area contributed by atoms with Crippen LogP contribution in [0.2, 0.25) is 0 Å². The minimum atomic E-state index is -1.07. The number of nitro groups is 1. The molecule has 0 fully saturated rings. The molecule has 9 heteroatoms. The molecular formula is C15H15N3O5S. The van der Waals surface area contributed by atoms with Gasteiger partial charge in [0.05, 0.1) is 16.7 Å². The summed E-state index contributed by atoms with van der Waals surface area (Å²) < 4.78 is 0. The van der Waals surface area contributed by atoms with Gasteiger partial charge >= 0.3 is 5.97 Å². The maximum absolute atomic E-state index is 12.4. The van der Waals surface area contributed by atoms with E-state index in [9.17, 15) is 19.7 Å². The standard InChI is InChI=1S/C15H15N3O5S/c1-7-4-5-10(18(22)23)6-11(7)13(19)16-9(3)14-17-8(2)12(24-14)15(20)21/h4-6,9H,1-3H3,(H,16,19)(H,20,21). The first-order chi connectivity index (χ1) is 11.2. The predicted octanol–water partition coefficient (Wildman–Crippen LogP) is 2.86. The fraction of sp³-hybridized carbons (Fsp3) is 0.267. The average molecular weight is 349 g/mol. The molecule has 1 atom stereocenters. The molecular weight excluding hydrogens is 334 g/mol. The first-order valence-corrected chi connectivity index (χ1v) is 7.79. The van der Waals surface area contributed by atoms with Crippen LogP contribution in [-0.2, 0) is 0 Å². The molecule has 24 heavy (non-hydrogen) atoms. The number of carboxylic acid groups (broad SMARTS) is 1. The van der Waals surface area contributed by atoms with Crippen molar-refractivity contribution >= 4 is 28.9 Å². The van der Waals surface area contributed by atoms with Crippen LogP contribution in [0.15, 0.2) is 18.2 Å². The first kappa shape index (κ1) is 17.5. The molecule has 1 aromatic heterocycles. The number of aryl methyl sites for hydroxylation is 2. The van der Waals surface area contributed by atoms with Gasteiger partial charge in [-0.1, -0.05) is 6.07 Å². The number of benzene rings is 1. The van der Waals surface area contributed by atoms with Gasteiger partial charge in [-0.3, -0.25) is 14.9 Å². The lowest BCUT2D eigenvalue weighted by Gasteiger charge is -2.12. The van der Waals surface area contributed by atoms with E-state index in [1.54, 1.807) is 20.8 Å². The number of thiazole rings is 1. The highest BCUT2D eigenvalue weighted by Crippen LogP contribution is 2.24. The average Bonchev–Trinajstić information content (AvgIpc) is 2.89. The molecule has 0 aliphatic carbocycles. The Bertz CT molecular complexity index is 831. The highest BCUT2D eigenvalue weighted by molar-refractivity contribution is 7.13. The molecule has 126 valence electrons. The van der Waals surface area contributed by atoms with E-state index in [0.717, 1.165) is 11.3 Å². The number of carbonyl (C=O) groups is 2. The van der Waals surface area contributed by atoms with Crippen molar-refractivity contribution in [2.24, 2.45) is 0 Å². The Morgan fingerprint density at radius 3 is 2.58 bits per heavy atom. The normalized spacial score (nSPS) is 11.8. The third-order valence-corrected chi connectivity index (χ3v) is 4.73. The van der Waals surface area contributed by atoms with Gasteiger partial charge in [0.25, 0.3) is 11.6 Å². The van der Waals surface area contributed by atoms with Crippen molar-refractivity contribution < 1.29 is 19.6 Å². The van der Waals surface area contributed by atoms with Gasteiger partial charge in [0.2, 0.25) is 0 Å². The van der Waals surface area contributed by atoms with E-state index in [4.69, 9.17) is 5.11 Å². The van der Waals surface area contributed by atoms with E-state index < -0.39 is 22.8 Å². The van der Waals surface area contributed by atoms with Crippen molar-refractivity contribution in [3.63, 3.8) is 0 Å². The number of nitro benzene ring substituents is 1. The molecule has 2 N–H and O–H groups in total. The maximum Gasteiger partial charge on any atom is 0.347 e. The van der Waals surface area contributed by atoms with E-state index in [1.807, 2.05) is 0 Å². The number of non-ortho nitro benzene ring substituents is 1. The van der Waals surface area contributed by atoms with Crippen LogP contribution in [0, 0.1) is 24.0 Å². The molecule has 0 saturated carbocycles. The van der Waals surface area contributed by atoms with E-state index in [1.165, 1.54) is 18.2 Å². The zero-order valence-corrected chi connectivity index (χ0v) is 14.0. The van der Waals surface area contributed by atoms with Crippen molar-refractivity contribution in [1.29, 1.82) is 0 Å². The summed E-state index contributed by atoms with van der Waals surface area (Å²) in [6.07, 6.45) is 0. The second-order valence-corrected chi connectivity index (χ2v) is 6.25. The summed E-state index contributed by atoms with van der Waals surface area (Å²) in [5.41, 5.74) is 1.02. The summed E-state index contributed by atoms with van der Waals surface area (Å²) in [5, 5.41) is 23.1. The fourth-order valence-corrected chi connectivity index (χ4v) is 3.01. The van der Waals surface area contributed by atoms with Crippen molar-refractivity contribution in [3.05, 3.63) is 55.0 Å². The number of carboxylic acids is 1. The Kier molecular flexibility index (Phi) is 4.93. The maximum atomic E-state index is 12.4. The number of aromatic nitrogens is 1. The van der Waals surface area contributed by atoms with E-state index in [0.29, 0.717) is 16.3 Å². The van der Waals surface area contributed by atoms with Crippen LogP contribution in [0.4, 0.5) is 5.69 Å². The largest absolute Gasteiger partial charge is 0.477 e. The fourth-order valence-electron chi connectivity index (χ4n) is 2.11. The van der Waals surface area contributed by atoms with Gasteiger partial charge in [0.1, 0.15) is 9.88 Å². The second-order valence-electron chi connectivity index (χ2n) is 5.22. The molecule has 0 spiro atoms. The molecule has 0 bridgehead atoms. The highest BCUT2D eigenvalue weighted by atomic mass is 32.1. The smallest absolute Gasteiger partial charge is 0.347 e. The summed E-state index contributed by atoms with van der Waals surface area (Å²) in [4.78, 5) is 38.0. The molecule has 8 nitrogen and oxygen atoms in total. The van der Waals surface area contributed by atoms with E-state index >= 15 is 0 Å². The third kappa shape index (κ3) is 3.57. The van der Waals surface area contributed by atoms with Crippen LogP contribution < -0.4 is 5.32 Å². The van der Waals surface area contributed by atoms with Crippen molar-refractivity contribution in [2.45, 2.75) is 26.8 Å². The quantitative estimate of drug-likeness (QED) is 0.632. The number of rotatable bonds is 5. The molecule has 1 aromatic carbocycles. The van der Waals surface area contributed by atoms with Crippen molar-refractivity contribution in [2.75, 3.05) is 0 Å². The summed E-state index contributed by atoms with van der Waals surface area (Å²) in [5.74, 6) is -1.54. The van der Waals surface area contributed by atoms with Gasteiger partial charge in [0.15, 0.2) is 0 Å². The van der Waals surface area contributed by atoms with Crippen LogP contribution in [0.1, 0.15) is 49.3 Å². The molecule has 0 saturated heterocycles. The molecule has 2 rings (SSSR count). The molecule has 2 aromatic rings. The summed E-state index contributed by atoms with van der Waals surface area (Å²) in [6, 6.07) is 3.53. The number of carbonyl (C=O) groups excluding carboxylic acids is 1. The van der Waals surface area contributed by atoms with Crippen LogP contribution in [0.25, 0.3) is 0 Å². The molecule has 1 amide bonds. The van der Waals surface area contributed by atoms with Crippen molar-refractivity contribution in [1.82, 2.24) is 10.3 Å². The molecule has 1 unspecified atom stereocenters. The number of nitrogens with zero attached hydrogens (tertiary/aromatic N) is 2. The van der Waals surface area contributed by atoms with Gasteiger partial charge in [-0.15, -0.1) is 11.3 Å². The summed E-state index contributed by atoms with van der Waals surface area (Å²) >= 11 is 0.992. The van der Waals surface area contributed by atoms with Gasteiger partial charge in [0, 0.05) is 17.7 Å². The second kappa shape index (κ2) is 6.75. The predicted molar refractivity (Wildman–Crippen MR) is 87.5 cm³/mol. The van der Waals surface area contributed by atoms with Crippen LogP contribution >= 0.6 is 11.3 Å². The van der Waals surface area contributed by atoms with Gasteiger partial charge in [-0.05, 0) is 26.3 Å². The zero-order chi connectivity index (χ0) is 18.0. The Hall–Kier alpha value is -2.81. The number of hydrogen-bond acceptors (Lipinski definition) is 6. The monoisotopic (exact) mass is 349 g/mol. The summed E-state index contributed by atoms with van der Waals surface area (Å²) in [7, 11) is 0. The topological polar surface area (TPSA) is 122 Å². The van der Waals surface area contributed by atoms with E-state index in [-0.39, 0.29) is 16.1 Å². The SMILES string of the molecule is Cc1ccc([N+](=O)[O-])cc1C(=O)NC(C)c1nc(C)c(C(=O)O)s1. The lowest BCUT2D eigenvalue weighted by atomic mass is 10.1. The van der Waals surface area contributed by atoms with Gasteiger partial charge < -0.3 is 10.4 Å². The van der Waals surface area contributed by atoms with Gasteiger partial charge in [-0.2, -0.15) is 0 Å². The molecule has 0 aliphatic heterocycles. The first-order valence-electron chi connectivity index (χ1n) is 6.97. The number of aromatic carboxylic acids is 1. The Labute approximate surface area is 141 Å². The van der Waals surface area contributed by atoms with Crippen LogP contribution in [0.3, 0.4) is 0 Å². The number of amides is 1. The third-order valence-electron chi connectivity index (χ3n) is 3.40. The number of nitrogens with one attached hydrogen (secondary N) is 1. The Balaban J connectivity index is 2.23. The lowest BCUT2D eigenvalue weighted by Crippen LogP contribution is -2.27. The van der Waals surface area contributed by atoms with E-state index in [2.05, 4.69) is 10.3 Å². The van der Waals surface area contributed by atoms with Crippen molar-refractivity contribution in [3.8, 4) is 0 Å². The van der Waals surface area contributed by atoms with Crippen LogP contribution in [0.5, 0.6) is 0 Å². The van der Waals surface area contributed by atoms with Crippen LogP contribution in [-0.4, -0.2) is 26.9 Å². The minimum Gasteiger partial charge on any atom is -0.477 e. The highest BCUT2D eigenvalue weighted by Gasteiger charge is 2.21.